The second kappa shape index (κ2) is 6.70. The molecule has 2 rings (SSSR count). The zero-order chi connectivity index (χ0) is 13.7. The van der Waals surface area contributed by atoms with Crippen LogP contribution < -0.4 is 11.3 Å². The number of benzene rings is 2. The van der Waals surface area contributed by atoms with Crippen LogP contribution in [-0.4, -0.2) is 5.75 Å². The summed E-state index contributed by atoms with van der Waals surface area (Å²) in [6.07, 6.45) is 0. The lowest BCUT2D eigenvalue weighted by Gasteiger charge is -2.16. The molecule has 0 spiro atoms. The van der Waals surface area contributed by atoms with E-state index in [1.165, 1.54) is 11.6 Å². The minimum absolute atomic E-state index is 0.202. The number of halogens is 1. The van der Waals surface area contributed by atoms with Crippen molar-refractivity contribution in [3.8, 4) is 0 Å². The first kappa shape index (κ1) is 14.1. The van der Waals surface area contributed by atoms with Gasteiger partial charge < -0.3 is 0 Å². The molecule has 100 valence electrons. The summed E-state index contributed by atoms with van der Waals surface area (Å²) in [4.78, 5) is 1.16. The molecule has 0 saturated heterocycles. The monoisotopic (exact) mass is 276 g/mol. The average Bonchev–Trinajstić information content (AvgIpc) is 2.41. The van der Waals surface area contributed by atoms with Crippen molar-refractivity contribution in [1.82, 2.24) is 5.43 Å². The number of rotatable bonds is 5. The zero-order valence-corrected chi connectivity index (χ0v) is 11.6. The van der Waals surface area contributed by atoms with Crippen LogP contribution >= 0.6 is 11.8 Å². The highest BCUT2D eigenvalue weighted by molar-refractivity contribution is 7.99. The Kier molecular flexibility index (Phi) is 4.96. The predicted octanol–water partition coefficient (Wildman–Crippen LogP) is 3.43. The van der Waals surface area contributed by atoms with E-state index in [2.05, 4.69) is 24.5 Å². The van der Waals surface area contributed by atoms with E-state index < -0.39 is 0 Å². The van der Waals surface area contributed by atoms with E-state index in [1.807, 2.05) is 18.2 Å². The molecule has 0 fully saturated rings. The number of nitrogens with two attached hydrogens (primary N) is 1. The SMILES string of the molecule is Cc1cccc(SCC(NN)c2ccccc2F)c1. The largest absolute Gasteiger partial charge is 0.271 e. The summed E-state index contributed by atoms with van der Waals surface area (Å²) in [5.41, 5.74) is 4.50. The van der Waals surface area contributed by atoms with Crippen LogP contribution in [0.2, 0.25) is 0 Å². The van der Waals surface area contributed by atoms with Gasteiger partial charge in [-0.3, -0.25) is 11.3 Å². The first-order chi connectivity index (χ1) is 9.20. The normalized spacial score (nSPS) is 12.4. The standard InChI is InChI=1S/C15H17FN2S/c1-11-5-4-6-12(9-11)19-10-15(18-17)13-7-2-3-8-14(13)16/h2-9,15,18H,10,17H2,1H3. The van der Waals surface area contributed by atoms with Crippen molar-refractivity contribution in [3.05, 3.63) is 65.5 Å². The van der Waals surface area contributed by atoms with Crippen LogP contribution in [0.3, 0.4) is 0 Å². The highest BCUT2D eigenvalue weighted by atomic mass is 32.2. The lowest BCUT2D eigenvalue weighted by atomic mass is 10.1. The average molecular weight is 276 g/mol. The molecular weight excluding hydrogens is 259 g/mol. The molecule has 2 aromatic carbocycles. The van der Waals surface area contributed by atoms with Gasteiger partial charge in [-0.2, -0.15) is 0 Å². The summed E-state index contributed by atoms with van der Waals surface area (Å²) >= 11 is 1.66. The van der Waals surface area contributed by atoms with Gasteiger partial charge in [-0.25, -0.2) is 4.39 Å². The predicted molar refractivity (Wildman–Crippen MR) is 78.4 cm³/mol. The zero-order valence-electron chi connectivity index (χ0n) is 10.8. The molecule has 2 nitrogen and oxygen atoms in total. The van der Waals surface area contributed by atoms with Gasteiger partial charge in [0.1, 0.15) is 5.82 Å². The number of hydrogen-bond donors (Lipinski definition) is 2. The molecule has 0 amide bonds. The fraction of sp³-hybridized carbons (Fsp3) is 0.200. The lowest BCUT2D eigenvalue weighted by molar-refractivity contribution is 0.546. The van der Waals surface area contributed by atoms with E-state index in [1.54, 1.807) is 23.9 Å². The van der Waals surface area contributed by atoms with E-state index in [0.29, 0.717) is 11.3 Å². The second-order valence-electron chi connectivity index (χ2n) is 4.37. The Morgan fingerprint density at radius 3 is 2.68 bits per heavy atom. The number of nitrogens with one attached hydrogen (secondary N) is 1. The van der Waals surface area contributed by atoms with Gasteiger partial charge in [0.25, 0.3) is 0 Å². The first-order valence-corrected chi connectivity index (χ1v) is 7.09. The summed E-state index contributed by atoms with van der Waals surface area (Å²) in [5, 5.41) is 0. The van der Waals surface area contributed by atoms with Crippen LogP contribution in [-0.2, 0) is 0 Å². The van der Waals surface area contributed by atoms with Crippen LogP contribution in [0.1, 0.15) is 17.2 Å². The third kappa shape index (κ3) is 3.80. The van der Waals surface area contributed by atoms with Crippen LogP contribution in [0.5, 0.6) is 0 Å². The Labute approximate surface area is 117 Å². The van der Waals surface area contributed by atoms with E-state index in [-0.39, 0.29) is 11.9 Å². The molecule has 0 aliphatic heterocycles. The molecule has 0 aliphatic rings. The molecule has 1 unspecified atom stereocenters. The lowest BCUT2D eigenvalue weighted by Crippen LogP contribution is -2.30. The molecule has 19 heavy (non-hydrogen) atoms. The summed E-state index contributed by atoms with van der Waals surface area (Å²) in [6.45, 7) is 2.06. The van der Waals surface area contributed by atoms with Crippen molar-refractivity contribution in [2.75, 3.05) is 5.75 Å². The molecule has 0 aliphatic carbocycles. The smallest absolute Gasteiger partial charge is 0.128 e. The van der Waals surface area contributed by atoms with Gasteiger partial charge >= 0.3 is 0 Å². The quantitative estimate of drug-likeness (QED) is 0.499. The number of aryl methyl sites for hydroxylation is 1. The Bertz CT molecular complexity index is 545. The van der Waals surface area contributed by atoms with Gasteiger partial charge in [-0.1, -0.05) is 35.9 Å². The topological polar surface area (TPSA) is 38.0 Å². The van der Waals surface area contributed by atoms with E-state index >= 15 is 0 Å². The van der Waals surface area contributed by atoms with Gasteiger partial charge in [0.15, 0.2) is 0 Å². The van der Waals surface area contributed by atoms with E-state index in [4.69, 9.17) is 5.84 Å². The fourth-order valence-electron chi connectivity index (χ4n) is 1.87. The van der Waals surface area contributed by atoms with Gasteiger partial charge in [0.05, 0.1) is 6.04 Å². The van der Waals surface area contributed by atoms with Crippen LogP contribution in [0.15, 0.2) is 53.4 Å². The molecule has 0 radical (unpaired) electrons. The van der Waals surface area contributed by atoms with E-state index in [0.717, 1.165) is 4.90 Å². The fourth-order valence-corrected chi connectivity index (χ4v) is 2.95. The molecule has 0 saturated carbocycles. The maximum absolute atomic E-state index is 13.7. The van der Waals surface area contributed by atoms with Crippen molar-refractivity contribution >= 4 is 11.8 Å². The van der Waals surface area contributed by atoms with E-state index in [9.17, 15) is 4.39 Å². The third-order valence-electron chi connectivity index (χ3n) is 2.89. The Morgan fingerprint density at radius 2 is 2.00 bits per heavy atom. The molecule has 1 atom stereocenters. The Morgan fingerprint density at radius 1 is 1.21 bits per heavy atom. The first-order valence-electron chi connectivity index (χ1n) is 6.10. The molecule has 0 heterocycles. The molecule has 0 bridgehead atoms. The second-order valence-corrected chi connectivity index (χ2v) is 5.46. The van der Waals surface area contributed by atoms with Crippen LogP contribution in [0, 0.1) is 12.7 Å². The minimum Gasteiger partial charge on any atom is -0.271 e. The number of hydrogen-bond acceptors (Lipinski definition) is 3. The number of thioether (sulfide) groups is 1. The number of hydrazine groups is 1. The Balaban J connectivity index is 2.06. The summed E-state index contributed by atoms with van der Waals surface area (Å²) < 4.78 is 13.7. The highest BCUT2D eigenvalue weighted by Gasteiger charge is 2.14. The van der Waals surface area contributed by atoms with Crippen molar-refractivity contribution in [2.45, 2.75) is 17.9 Å². The highest BCUT2D eigenvalue weighted by Crippen LogP contribution is 2.26. The summed E-state index contributed by atoms with van der Waals surface area (Å²) in [6, 6.07) is 14.7. The van der Waals surface area contributed by atoms with Crippen molar-refractivity contribution in [2.24, 2.45) is 5.84 Å². The van der Waals surface area contributed by atoms with Crippen LogP contribution in [0.25, 0.3) is 0 Å². The molecule has 4 heteroatoms. The Hall–Kier alpha value is -1.36. The van der Waals surface area contributed by atoms with Crippen LogP contribution in [0.4, 0.5) is 4.39 Å². The van der Waals surface area contributed by atoms with Gasteiger partial charge in [-0.15, -0.1) is 11.8 Å². The minimum atomic E-state index is -0.227. The summed E-state index contributed by atoms with van der Waals surface area (Å²) in [7, 11) is 0. The van der Waals surface area contributed by atoms with Crippen molar-refractivity contribution in [1.29, 1.82) is 0 Å². The summed E-state index contributed by atoms with van der Waals surface area (Å²) in [5.74, 6) is 5.99. The van der Waals surface area contributed by atoms with Crippen molar-refractivity contribution in [3.63, 3.8) is 0 Å². The van der Waals surface area contributed by atoms with Crippen molar-refractivity contribution < 1.29 is 4.39 Å². The molecule has 2 aromatic rings. The maximum Gasteiger partial charge on any atom is 0.128 e. The van der Waals surface area contributed by atoms with Gasteiger partial charge in [-0.05, 0) is 25.1 Å². The maximum atomic E-state index is 13.7. The third-order valence-corrected chi connectivity index (χ3v) is 3.98. The molecule has 0 aromatic heterocycles. The molecular formula is C15H17FN2S. The van der Waals surface area contributed by atoms with Gasteiger partial charge in [0, 0.05) is 16.2 Å². The van der Waals surface area contributed by atoms with Gasteiger partial charge in [0.2, 0.25) is 0 Å². The molecule has 3 N–H and O–H groups in total.